The van der Waals surface area contributed by atoms with Gasteiger partial charge in [-0.3, -0.25) is 9.48 Å². The molecule has 2 aromatic rings. The summed E-state index contributed by atoms with van der Waals surface area (Å²) in [5, 5.41) is 7.00. The van der Waals surface area contributed by atoms with Gasteiger partial charge in [0.15, 0.2) is 5.69 Å². The fourth-order valence-corrected chi connectivity index (χ4v) is 2.06. The molecule has 0 aliphatic carbocycles. The highest BCUT2D eigenvalue weighted by molar-refractivity contribution is 5.96. The molecule has 1 aromatic heterocycles. The first kappa shape index (κ1) is 15.1. The quantitative estimate of drug-likeness (QED) is 0.887. The van der Waals surface area contributed by atoms with Crippen molar-refractivity contribution in [2.45, 2.75) is 39.8 Å². The number of aromatic nitrogens is 2. The third kappa shape index (κ3) is 3.62. The van der Waals surface area contributed by atoms with Crippen molar-refractivity contribution in [1.82, 2.24) is 15.1 Å². The fourth-order valence-electron chi connectivity index (χ4n) is 2.06. The van der Waals surface area contributed by atoms with Crippen molar-refractivity contribution >= 4 is 11.6 Å². The Balaban J connectivity index is 1.98. The van der Waals surface area contributed by atoms with Crippen LogP contribution in [0.3, 0.4) is 0 Å². The van der Waals surface area contributed by atoms with E-state index in [-0.39, 0.29) is 11.6 Å². The molecular formula is C16H22N4O. The van der Waals surface area contributed by atoms with E-state index in [0.29, 0.717) is 24.7 Å². The van der Waals surface area contributed by atoms with Crippen LogP contribution in [0.15, 0.2) is 30.5 Å². The molecule has 0 aliphatic rings. The summed E-state index contributed by atoms with van der Waals surface area (Å²) in [7, 11) is 0. The lowest BCUT2D eigenvalue weighted by Crippen LogP contribution is -2.24. The number of rotatable bonds is 5. The average Bonchev–Trinajstić information content (AvgIpc) is 2.86. The van der Waals surface area contributed by atoms with Gasteiger partial charge in [0.25, 0.3) is 5.91 Å². The molecule has 1 amide bonds. The second-order valence-corrected chi connectivity index (χ2v) is 5.37. The van der Waals surface area contributed by atoms with Crippen LogP contribution >= 0.6 is 0 Å². The Kier molecular flexibility index (Phi) is 4.62. The molecule has 0 radical (unpaired) electrons. The van der Waals surface area contributed by atoms with Crippen LogP contribution in [-0.4, -0.2) is 15.7 Å². The molecule has 0 fully saturated rings. The second kappa shape index (κ2) is 6.43. The van der Waals surface area contributed by atoms with E-state index in [0.717, 1.165) is 5.56 Å². The Morgan fingerprint density at radius 2 is 2.00 bits per heavy atom. The number of nitrogens with zero attached hydrogens (tertiary/aromatic N) is 2. The van der Waals surface area contributed by atoms with E-state index in [1.165, 1.54) is 5.56 Å². The van der Waals surface area contributed by atoms with Crippen LogP contribution in [0, 0.1) is 0 Å². The molecule has 0 saturated carbocycles. The van der Waals surface area contributed by atoms with Crippen molar-refractivity contribution in [1.29, 1.82) is 0 Å². The maximum absolute atomic E-state index is 12.1. The van der Waals surface area contributed by atoms with Crippen LogP contribution in [-0.2, 0) is 13.1 Å². The second-order valence-electron chi connectivity index (χ2n) is 5.37. The van der Waals surface area contributed by atoms with Gasteiger partial charge in [0.2, 0.25) is 0 Å². The van der Waals surface area contributed by atoms with E-state index in [4.69, 9.17) is 5.73 Å². The summed E-state index contributed by atoms with van der Waals surface area (Å²) in [6.45, 7) is 7.42. The molecule has 5 nitrogen and oxygen atoms in total. The molecule has 1 aromatic carbocycles. The Bertz CT molecular complexity index is 614. The molecule has 2 rings (SSSR count). The molecule has 0 aliphatic heterocycles. The van der Waals surface area contributed by atoms with Crippen LogP contribution in [0.25, 0.3) is 0 Å². The number of benzene rings is 1. The topological polar surface area (TPSA) is 72.9 Å². The molecule has 1 heterocycles. The highest BCUT2D eigenvalue weighted by Gasteiger charge is 2.14. The molecule has 21 heavy (non-hydrogen) atoms. The van der Waals surface area contributed by atoms with Crippen molar-refractivity contribution in [2.24, 2.45) is 0 Å². The highest BCUT2D eigenvalue weighted by Crippen LogP contribution is 2.15. The molecular weight excluding hydrogens is 264 g/mol. The van der Waals surface area contributed by atoms with Gasteiger partial charge in [0, 0.05) is 19.3 Å². The van der Waals surface area contributed by atoms with Gasteiger partial charge in [-0.05, 0) is 24.0 Å². The summed E-state index contributed by atoms with van der Waals surface area (Å²) in [5.74, 6) is 0.263. The van der Waals surface area contributed by atoms with Crippen LogP contribution in [0.1, 0.15) is 48.3 Å². The Morgan fingerprint density at radius 3 is 2.52 bits per heavy atom. The van der Waals surface area contributed by atoms with Gasteiger partial charge in [-0.1, -0.05) is 38.1 Å². The largest absolute Gasteiger partial charge is 0.396 e. The molecule has 5 heteroatoms. The van der Waals surface area contributed by atoms with Crippen LogP contribution < -0.4 is 11.1 Å². The zero-order chi connectivity index (χ0) is 15.4. The molecule has 0 unspecified atom stereocenters. The van der Waals surface area contributed by atoms with Gasteiger partial charge in [-0.15, -0.1) is 0 Å². The monoisotopic (exact) mass is 286 g/mol. The van der Waals surface area contributed by atoms with Crippen LogP contribution in [0.5, 0.6) is 0 Å². The Labute approximate surface area is 125 Å². The summed E-state index contributed by atoms with van der Waals surface area (Å²) >= 11 is 0. The lowest BCUT2D eigenvalue weighted by Gasteiger charge is -2.08. The van der Waals surface area contributed by atoms with Gasteiger partial charge in [-0.2, -0.15) is 5.10 Å². The van der Waals surface area contributed by atoms with E-state index in [9.17, 15) is 4.79 Å². The number of hydrogen-bond donors (Lipinski definition) is 2. The fraction of sp³-hybridized carbons (Fsp3) is 0.375. The maximum atomic E-state index is 12.1. The SMILES string of the molecule is CCn1cc(N)c(C(=O)NCc2ccc(C(C)C)cc2)n1. The van der Waals surface area contributed by atoms with E-state index in [1.807, 2.05) is 19.1 Å². The third-order valence-corrected chi connectivity index (χ3v) is 3.43. The molecule has 0 atom stereocenters. The van der Waals surface area contributed by atoms with Gasteiger partial charge >= 0.3 is 0 Å². The lowest BCUT2D eigenvalue weighted by molar-refractivity contribution is 0.0946. The number of aryl methyl sites for hydroxylation is 1. The van der Waals surface area contributed by atoms with Crippen molar-refractivity contribution < 1.29 is 4.79 Å². The standard InChI is InChI=1S/C16H22N4O/c1-4-20-10-14(17)15(19-20)16(21)18-9-12-5-7-13(8-6-12)11(2)3/h5-8,10-11H,4,9,17H2,1-3H3,(H,18,21). The lowest BCUT2D eigenvalue weighted by atomic mass is 10.0. The van der Waals surface area contributed by atoms with Gasteiger partial charge in [0.1, 0.15) is 0 Å². The zero-order valence-electron chi connectivity index (χ0n) is 12.8. The van der Waals surface area contributed by atoms with Gasteiger partial charge in [0.05, 0.1) is 5.69 Å². The molecule has 112 valence electrons. The first-order valence-corrected chi connectivity index (χ1v) is 7.21. The smallest absolute Gasteiger partial charge is 0.274 e. The van der Waals surface area contributed by atoms with Gasteiger partial charge < -0.3 is 11.1 Å². The maximum Gasteiger partial charge on any atom is 0.274 e. The molecule has 0 saturated heterocycles. The predicted octanol–water partition coefficient (Wildman–Crippen LogP) is 2.54. The molecule has 0 spiro atoms. The number of anilines is 1. The minimum absolute atomic E-state index is 0.243. The van der Waals surface area contributed by atoms with Crippen molar-refractivity contribution in [3.05, 3.63) is 47.3 Å². The van der Waals surface area contributed by atoms with Gasteiger partial charge in [-0.25, -0.2) is 0 Å². The summed E-state index contributed by atoms with van der Waals surface area (Å²) in [4.78, 5) is 12.1. The number of carbonyl (C=O) groups is 1. The number of amides is 1. The van der Waals surface area contributed by atoms with E-state index in [2.05, 4.69) is 36.4 Å². The Hall–Kier alpha value is -2.30. The number of hydrogen-bond acceptors (Lipinski definition) is 3. The van der Waals surface area contributed by atoms with Crippen molar-refractivity contribution in [3.8, 4) is 0 Å². The number of nitrogens with two attached hydrogens (primary N) is 1. The summed E-state index contributed by atoms with van der Waals surface area (Å²) in [6, 6.07) is 8.24. The number of carbonyl (C=O) groups excluding carboxylic acids is 1. The molecule has 3 N–H and O–H groups in total. The van der Waals surface area contributed by atoms with E-state index >= 15 is 0 Å². The molecule has 0 bridgehead atoms. The summed E-state index contributed by atoms with van der Waals surface area (Å²) < 4.78 is 1.65. The van der Waals surface area contributed by atoms with Crippen LogP contribution in [0.4, 0.5) is 5.69 Å². The minimum Gasteiger partial charge on any atom is -0.396 e. The first-order chi connectivity index (χ1) is 10.0. The van der Waals surface area contributed by atoms with Crippen molar-refractivity contribution in [3.63, 3.8) is 0 Å². The van der Waals surface area contributed by atoms with Crippen LogP contribution in [0.2, 0.25) is 0 Å². The average molecular weight is 286 g/mol. The van der Waals surface area contributed by atoms with E-state index in [1.54, 1.807) is 10.9 Å². The van der Waals surface area contributed by atoms with Crippen molar-refractivity contribution in [2.75, 3.05) is 5.73 Å². The highest BCUT2D eigenvalue weighted by atomic mass is 16.1. The zero-order valence-corrected chi connectivity index (χ0v) is 12.8. The Morgan fingerprint density at radius 1 is 1.33 bits per heavy atom. The number of nitrogens with one attached hydrogen (secondary N) is 1. The summed E-state index contributed by atoms with van der Waals surface area (Å²) in [6.07, 6.45) is 1.67. The minimum atomic E-state index is -0.243. The third-order valence-electron chi connectivity index (χ3n) is 3.43. The normalized spacial score (nSPS) is 10.9. The first-order valence-electron chi connectivity index (χ1n) is 7.21. The van der Waals surface area contributed by atoms with E-state index < -0.39 is 0 Å². The predicted molar refractivity (Wildman–Crippen MR) is 84.0 cm³/mol. The number of nitrogen functional groups attached to an aromatic ring is 1. The summed E-state index contributed by atoms with van der Waals surface area (Å²) in [5.41, 5.74) is 8.84.